The number of primary sulfonamides is 1. The Kier molecular flexibility index (Phi) is 3.21. The molecule has 0 unspecified atom stereocenters. The zero-order valence-corrected chi connectivity index (χ0v) is 9.13. The van der Waals surface area contributed by atoms with Crippen LogP contribution in [-0.4, -0.2) is 24.9 Å². The molecule has 0 bridgehead atoms. The lowest BCUT2D eigenvalue weighted by Crippen LogP contribution is -2.21. The Labute approximate surface area is 93.9 Å². The van der Waals surface area contributed by atoms with Crippen LogP contribution in [0.3, 0.4) is 0 Å². The van der Waals surface area contributed by atoms with Crippen molar-refractivity contribution in [2.75, 3.05) is 0 Å². The van der Waals surface area contributed by atoms with E-state index in [4.69, 9.17) is 0 Å². The number of halogens is 3. The fourth-order valence-electron chi connectivity index (χ4n) is 1.03. The topological polar surface area (TPSA) is 103 Å². The van der Waals surface area contributed by atoms with Crippen LogP contribution in [0.1, 0.15) is 5.69 Å². The van der Waals surface area contributed by atoms with Crippen LogP contribution in [0.4, 0.5) is 13.2 Å². The van der Waals surface area contributed by atoms with Crippen LogP contribution >= 0.6 is 0 Å². The van der Waals surface area contributed by atoms with E-state index in [1.807, 2.05) is 0 Å². The number of nitrogens with two attached hydrogens (primary N) is 1. The highest BCUT2D eigenvalue weighted by atomic mass is 32.2. The first-order chi connectivity index (χ1) is 7.52. The van der Waals surface area contributed by atoms with Gasteiger partial charge < -0.3 is 9.84 Å². The standard InChI is InChI=1S/C7H7F3N2O4S/c1-3-5(13)6(17(11,14)15)4(2-12-3)16-7(8,9)10/h2,13H,1H3,(H2,11,14,15). The number of hydrogen-bond donors (Lipinski definition) is 2. The summed E-state index contributed by atoms with van der Waals surface area (Å²) in [6.45, 7) is 1.20. The van der Waals surface area contributed by atoms with Crippen LogP contribution in [0.15, 0.2) is 11.1 Å². The molecule has 0 radical (unpaired) electrons. The molecule has 0 spiro atoms. The molecule has 0 atom stereocenters. The maximum atomic E-state index is 12.0. The van der Waals surface area contributed by atoms with Crippen LogP contribution in [0, 0.1) is 6.92 Å². The van der Waals surface area contributed by atoms with E-state index in [9.17, 15) is 26.7 Å². The predicted octanol–water partition coefficient (Wildman–Crippen LogP) is 0.642. The molecule has 0 aliphatic rings. The van der Waals surface area contributed by atoms with Crippen molar-refractivity contribution < 1.29 is 31.4 Å². The summed E-state index contributed by atoms with van der Waals surface area (Å²) in [6.07, 6.45) is -4.61. The van der Waals surface area contributed by atoms with Gasteiger partial charge in [0.25, 0.3) is 0 Å². The van der Waals surface area contributed by atoms with Gasteiger partial charge in [-0.3, -0.25) is 4.98 Å². The second-order valence-corrected chi connectivity index (χ2v) is 4.48. The van der Waals surface area contributed by atoms with E-state index in [1.54, 1.807) is 0 Å². The minimum Gasteiger partial charge on any atom is -0.505 e. The number of rotatable bonds is 2. The molecular weight excluding hydrogens is 265 g/mol. The first-order valence-electron chi connectivity index (χ1n) is 3.99. The molecule has 17 heavy (non-hydrogen) atoms. The van der Waals surface area contributed by atoms with Gasteiger partial charge in [-0.05, 0) is 6.92 Å². The van der Waals surface area contributed by atoms with Gasteiger partial charge in [-0.1, -0.05) is 0 Å². The Morgan fingerprint density at radius 2 is 2.00 bits per heavy atom. The lowest BCUT2D eigenvalue weighted by molar-refractivity contribution is -0.275. The lowest BCUT2D eigenvalue weighted by atomic mass is 10.3. The van der Waals surface area contributed by atoms with E-state index in [1.165, 1.54) is 6.92 Å². The van der Waals surface area contributed by atoms with Gasteiger partial charge in [-0.15, -0.1) is 13.2 Å². The Hall–Kier alpha value is -1.55. The van der Waals surface area contributed by atoms with Crippen molar-refractivity contribution >= 4 is 10.0 Å². The summed E-state index contributed by atoms with van der Waals surface area (Å²) in [5.74, 6) is -2.16. The van der Waals surface area contributed by atoms with E-state index in [2.05, 4.69) is 14.9 Å². The van der Waals surface area contributed by atoms with Gasteiger partial charge in [0, 0.05) is 0 Å². The summed E-state index contributed by atoms with van der Waals surface area (Å²) in [7, 11) is -4.57. The molecule has 6 nitrogen and oxygen atoms in total. The van der Waals surface area contributed by atoms with Gasteiger partial charge in [0.15, 0.2) is 16.4 Å². The third-order valence-electron chi connectivity index (χ3n) is 1.67. The van der Waals surface area contributed by atoms with E-state index >= 15 is 0 Å². The predicted molar refractivity (Wildman–Crippen MR) is 48.7 cm³/mol. The normalized spacial score (nSPS) is 12.5. The summed E-state index contributed by atoms with van der Waals surface area (Å²) in [4.78, 5) is 2.19. The molecule has 3 N–H and O–H groups in total. The van der Waals surface area contributed by atoms with Crippen molar-refractivity contribution in [2.24, 2.45) is 5.14 Å². The number of sulfonamides is 1. The molecule has 0 saturated heterocycles. The lowest BCUT2D eigenvalue weighted by Gasteiger charge is -2.13. The van der Waals surface area contributed by atoms with Crippen molar-refractivity contribution in [3.8, 4) is 11.5 Å². The van der Waals surface area contributed by atoms with Crippen LogP contribution in [0.5, 0.6) is 11.5 Å². The second-order valence-electron chi connectivity index (χ2n) is 2.98. The highest BCUT2D eigenvalue weighted by Gasteiger charge is 2.35. The van der Waals surface area contributed by atoms with E-state index in [-0.39, 0.29) is 5.69 Å². The fraction of sp³-hybridized carbons (Fsp3) is 0.286. The van der Waals surface area contributed by atoms with Gasteiger partial charge in [-0.2, -0.15) is 0 Å². The van der Waals surface area contributed by atoms with Crippen LogP contribution in [0.2, 0.25) is 0 Å². The number of aryl methyl sites for hydroxylation is 1. The molecule has 0 aromatic carbocycles. The molecule has 0 saturated carbocycles. The van der Waals surface area contributed by atoms with Crippen LogP contribution in [0.25, 0.3) is 0 Å². The number of aromatic nitrogens is 1. The third kappa shape index (κ3) is 3.20. The fourth-order valence-corrected chi connectivity index (χ4v) is 1.82. The molecule has 1 rings (SSSR count). The van der Waals surface area contributed by atoms with Crippen molar-refractivity contribution in [3.05, 3.63) is 11.9 Å². The van der Waals surface area contributed by atoms with E-state index < -0.39 is 32.8 Å². The number of alkyl halides is 3. The average Bonchev–Trinajstić information content (AvgIpc) is 2.06. The maximum Gasteiger partial charge on any atom is 0.573 e. The second kappa shape index (κ2) is 4.04. The molecule has 0 fully saturated rings. The van der Waals surface area contributed by atoms with Gasteiger partial charge in [0.2, 0.25) is 10.0 Å². The number of hydrogen-bond acceptors (Lipinski definition) is 5. The molecule has 1 heterocycles. The Bertz CT molecular complexity index is 541. The van der Waals surface area contributed by atoms with Crippen LogP contribution < -0.4 is 9.88 Å². The van der Waals surface area contributed by atoms with Crippen LogP contribution in [-0.2, 0) is 10.0 Å². The summed E-state index contributed by atoms with van der Waals surface area (Å²) in [5, 5.41) is 14.0. The molecule has 0 aliphatic carbocycles. The van der Waals surface area contributed by atoms with Gasteiger partial charge in [0.1, 0.15) is 0 Å². The molecule has 96 valence electrons. The monoisotopic (exact) mass is 272 g/mol. The molecule has 10 heteroatoms. The van der Waals surface area contributed by atoms with Gasteiger partial charge >= 0.3 is 6.36 Å². The summed E-state index contributed by atoms with van der Waals surface area (Å²) in [5.41, 5.74) is -0.191. The summed E-state index contributed by atoms with van der Waals surface area (Å²) in [6, 6.07) is 0. The molecule has 0 aliphatic heterocycles. The SMILES string of the molecule is Cc1ncc(OC(F)(F)F)c(S(N)(=O)=O)c1O. The van der Waals surface area contributed by atoms with Gasteiger partial charge in [-0.25, -0.2) is 13.6 Å². The highest BCUT2D eigenvalue weighted by Crippen LogP contribution is 2.35. The van der Waals surface area contributed by atoms with Crippen molar-refractivity contribution in [2.45, 2.75) is 18.2 Å². The van der Waals surface area contributed by atoms with Crippen molar-refractivity contribution in [1.29, 1.82) is 0 Å². The first-order valence-corrected chi connectivity index (χ1v) is 5.54. The Morgan fingerprint density at radius 1 is 1.47 bits per heavy atom. The number of ether oxygens (including phenoxy) is 1. The minimum absolute atomic E-state index is 0.191. The Morgan fingerprint density at radius 3 is 2.41 bits per heavy atom. The summed E-state index contributed by atoms with van der Waals surface area (Å²) >= 11 is 0. The minimum atomic E-state index is -5.12. The largest absolute Gasteiger partial charge is 0.573 e. The third-order valence-corrected chi connectivity index (χ3v) is 2.63. The first kappa shape index (κ1) is 13.5. The molecular formula is C7H7F3N2O4S. The highest BCUT2D eigenvalue weighted by molar-refractivity contribution is 7.89. The quantitative estimate of drug-likeness (QED) is 0.822. The molecule has 1 aromatic rings. The molecule has 1 aromatic heterocycles. The number of pyridine rings is 1. The Balaban J connectivity index is 3.47. The van der Waals surface area contributed by atoms with E-state index in [0.29, 0.717) is 6.20 Å². The zero-order valence-electron chi connectivity index (χ0n) is 8.32. The van der Waals surface area contributed by atoms with E-state index in [0.717, 1.165) is 0 Å². The van der Waals surface area contributed by atoms with Gasteiger partial charge in [0.05, 0.1) is 11.9 Å². The van der Waals surface area contributed by atoms with Crippen molar-refractivity contribution in [1.82, 2.24) is 4.98 Å². The number of aromatic hydroxyl groups is 1. The smallest absolute Gasteiger partial charge is 0.505 e. The maximum absolute atomic E-state index is 12.0. The molecule has 0 amide bonds. The van der Waals surface area contributed by atoms with Crippen molar-refractivity contribution in [3.63, 3.8) is 0 Å². The zero-order chi connectivity index (χ0) is 13.4. The number of nitrogens with zero attached hydrogens (tertiary/aromatic N) is 1. The summed E-state index contributed by atoms with van der Waals surface area (Å²) < 4.78 is 61.4. The average molecular weight is 272 g/mol.